The van der Waals surface area contributed by atoms with E-state index in [1.54, 1.807) is 37.2 Å². The van der Waals surface area contributed by atoms with Crippen molar-refractivity contribution in [3.8, 4) is 0 Å². The van der Waals surface area contributed by atoms with Crippen molar-refractivity contribution >= 4 is 17.6 Å². The van der Waals surface area contributed by atoms with Gasteiger partial charge in [0.1, 0.15) is 0 Å². The number of carboxylic acid groups (broad SMARTS) is 1. The van der Waals surface area contributed by atoms with Gasteiger partial charge in [0.25, 0.3) is 0 Å². The van der Waals surface area contributed by atoms with Crippen LogP contribution in [0.3, 0.4) is 0 Å². The molecular weight excluding hydrogens is 260 g/mol. The fraction of sp³-hybridized carbons (Fsp3) is 0.429. The fourth-order valence-corrected chi connectivity index (χ4v) is 2.47. The molecule has 0 fully saturated rings. The molecule has 2 atom stereocenters. The Balaban J connectivity index is 2.24. The number of nitrogens with one attached hydrogen (secondary N) is 1. The van der Waals surface area contributed by atoms with Crippen molar-refractivity contribution in [2.75, 3.05) is 19.0 Å². The number of amides is 1. The van der Waals surface area contributed by atoms with Crippen molar-refractivity contribution in [2.45, 2.75) is 25.0 Å². The molecule has 1 aliphatic rings. The number of likely N-dealkylation sites (N-methyl/N-ethyl adjacent to an activating group) is 2. The molecule has 1 aliphatic heterocycles. The van der Waals surface area contributed by atoms with Gasteiger partial charge in [0.05, 0.1) is 18.9 Å². The maximum atomic E-state index is 11.6. The zero-order valence-electron chi connectivity index (χ0n) is 11.5. The molecule has 2 unspecified atom stereocenters. The molecule has 1 aromatic rings. The molecular formula is C14H18N2O4. The molecule has 1 heterocycles. The maximum absolute atomic E-state index is 11.6. The van der Waals surface area contributed by atoms with Gasteiger partial charge in [-0.25, -0.2) is 0 Å². The third-order valence-corrected chi connectivity index (χ3v) is 3.67. The number of aliphatic carboxylic acids is 1. The van der Waals surface area contributed by atoms with Crippen LogP contribution in [0.2, 0.25) is 0 Å². The first-order chi connectivity index (χ1) is 9.43. The summed E-state index contributed by atoms with van der Waals surface area (Å²) in [7, 11) is 3.33. The second kappa shape index (κ2) is 5.60. The standard InChI is InChI=1S/C14H18N2O4/c1-15-10(7-13(18)19)14(20)8-3-4-11-9(5-8)6-12(17)16(11)2/h3-5,10,14-15,20H,6-7H2,1-2H3,(H,18,19). The minimum atomic E-state index is -0.973. The van der Waals surface area contributed by atoms with E-state index >= 15 is 0 Å². The summed E-state index contributed by atoms with van der Waals surface area (Å²) in [4.78, 5) is 24.0. The van der Waals surface area contributed by atoms with Crippen molar-refractivity contribution < 1.29 is 19.8 Å². The van der Waals surface area contributed by atoms with E-state index in [0.29, 0.717) is 12.0 Å². The Morgan fingerprint density at radius 2 is 2.20 bits per heavy atom. The third kappa shape index (κ3) is 2.66. The predicted molar refractivity (Wildman–Crippen MR) is 73.6 cm³/mol. The average molecular weight is 278 g/mol. The first-order valence-corrected chi connectivity index (χ1v) is 6.40. The zero-order chi connectivity index (χ0) is 14.9. The Bertz CT molecular complexity index is 544. The number of carbonyl (C=O) groups is 2. The highest BCUT2D eigenvalue weighted by atomic mass is 16.4. The van der Waals surface area contributed by atoms with Crippen LogP contribution in [-0.4, -0.2) is 42.2 Å². The van der Waals surface area contributed by atoms with Gasteiger partial charge in [-0.1, -0.05) is 12.1 Å². The molecule has 0 saturated heterocycles. The molecule has 108 valence electrons. The summed E-state index contributed by atoms with van der Waals surface area (Å²) in [6.45, 7) is 0. The quantitative estimate of drug-likeness (QED) is 0.721. The van der Waals surface area contributed by atoms with Crippen LogP contribution < -0.4 is 10.2 Å². The van der Waals surface area contributed by atoms with E-state index in [-0.39, 0.29) is 12.3 Å². The van der Waals surface area contributed by atoms with Gasteiger partial charge >= 0.3 is 5.97 Å². The van der Waals surface area contributed by atoms with Crippen LogP contribution in [0.15, 0.2) is 18.2 Å². The van der Waals surface area contributed by atoms with Crippen molar-refractivity contribution in [1.29, 1.82) is 0 Å². The Morgan fingerprint density at radius 3 is 2.80 bits per heavy atom. The summed E-state index contributed by atoms with van der Waals surface area (Å²) in [6.07, 6.45) is -0.786. The Kier molecular flexibility index (Phi) is 4.06. The largest absolute Gasteiger partial charge is 0.481 e. The highest BCUT2D eigenvalue weighted by Gasteiger charge is 2.27. The van der Waals surface area contributed by atoms with Crippen molar-refractivity contribution in [1.82, 2.24) is 5.32 Å². The van der Waals surface area contributed by atoms with Gasteiger partial charge in [-0.2, -0.15) is 0 Å². The van der Waals surface area contributed by atoms with Gasteiger partial charge in [-0.3, -0.25) is 9.59 Å². The van der Waals surface area contributed by atoms with E-state index in [0.717, 1.165) is 11.3 Å². The lowest BCUT2D eigenvalue weighted by Crippen LogP contribution is -2.34. The second-order valence-electron chi connectivity index (χ2n) is 4.96. The maximum Gasteiger partial charge on any atom is 0.305 e. The van der Waals surface area contributed by atoms with Crippen LogP contribution in [0.5, 0.6) is 0 Å². The molecule has 0 aliphatic carbocycles. The van der Waals surface area contributed by atoms with Gasteiger partial charge in [0.2, 0.25) is 5.91 Å². The summed E-state index contributed by atoms with van der Waals surface area (Å²) in [5.41, 5.74) is 2.32. The highest BCUT2D eigenvalue weighted by Crippen LogP contribution is 2.31. The summed E-state index contributed by atoms with van der Waals surface area (Å²) in [5.74, 6) is -0.957. The van der Waals surface area contributed by atoms with E-state index in [9.17, 15) is 14.7 Å². The van der Waals surface area contributed by atoms with Crippen LogP contribution in [0, 0.1) is 0 Å². The number of nitrogens with zero attached hydrogens (tertiary/aromatic N) is 1. The molecule has 0 bridgehead atoms. The number of aliphatic hydroxyl groups excluding tert-OH is 1. The zero-order valence-corrected chi connectivity index (χ0v) is 11.5. The number of benzene rings is 1. The average Bonchev–Trinajstić information content (AvgIpc) is 2.70. The third-order valence-electron chi connectivity index (χ3n) is 3.67. The smallest absolute Gasteiger partial charge is 0.305 e. The number of anilines is 1. The number of hydrogen-bond acceptors (Lipinski definition) is 4. The lowest BCUT2D eigenvalue weighted by Gasteiger charge is -2.22. The van der Waals surface area contributed by atoms with Crippen LogP contribution >= 0.6 is 0 Å². The lowest BCUT2D eigenvalue weighted by molar-refractivity contribution is -0.138. The van der Waals surface area contributed by atoms with Crippen LogP contribution in [-0.2, 0) is 16.0 Å². The Labute approximate surface area is 117 Å². The van der Waals surface area contributed by atoms with Gasteiger partial charge in [0, 0.05) is 18.8 Å². The summed E-state index contributed by atoms with van der Waals surface area (Å²) < 4.78 is 0. The summed E-state index contributed by atoms with van der Waals surface area (Å²) >= 11 is 0. The predicted octanol–water partition coefficient (Wildman–Crippen LogP) is 0.302. The van der Waals surface area contributed by atoms with Gasteiger partial charge in [-0.15, -0.1) is 0 Å². The van der Waals surface area contributed by atoms with Crippen LogP contribution in [0.25, 0.3) is 0 Å². The topological polar surface area (TPSA) is 89.9 Å². The molecule has 1 aromatic carbocycles. The molecule has 0 aromatic heterocycles. The molecule has 20 heavy (non-hydrogen) atoms. The number of carboxylic acids is 1. The summed E-state index contributed by atoms with van der Waals surface area (Å²) in [6, 6.07) is 4.71. The fourth-order valence-electron chi connectivity index (χ4n) is 2.47. The lowest BCUT2D eigenvalue weighted by atomic mass is 9.97. The normalized spacial score (nSPS) is 16.9. The Hall–Kier alpha value is -1.92. The van der Waals surface area contributed by atoms with E-state index in [2.05, 4.69) is 5.32 Å². The van der Waals surface area contributed by atoms with Gasteiger partial charge in [0.15, 0.2) is 0 Å². The van der Waals surface area contributed by atoms with E-state index in [1.807, 2.05) is 0 Å². The molecule has 2 rings (SSSR count). The molecule has 0 radical (unpaired) electrons. The molecule has 6 nitrogen and oxygen atoms in total. The minimum absolute atomic E-state index is 0.0161. The molecule has 1 amide bonds. The number of aliphatic hydroxyl groups is 1. The van der Waals surface area contributed by atoms with Crippen LogP contribution in [0.4, 0.5) is 5.69 Å². The van der Waals surface area contributed by atoms with Gasteiger partial charge < -0.3 is 20.4 Å². The van der Waals surface area contributed by atoms with Gasteiger partial charge in [-0.05, 0) is 24.2 Å². The monoisotopic (exact) mass is 278 g/mol. The SMILES string of the molecule is CNC(CC(=O)O)C(O)c1ccc2c(c1)CC(=O)N2C. The van der Waals surface area contributed by atoms with E-state index in [1.165, 1.54) is 0 Å². The molecule has 0 spiro atoms. The number of hydrogen-bond donors (Lipinski definition) is 3. The number of fused-ring (bicyclic) bond motifs is 1. The van der Waals surface area contributed by atoms with Crippen molar-refractivity contribution in [3.63, 3.8) is 0 Å². The van der Waals surface area contributed by atoms with Crippen molar-refractivity contribution in [2.24, 2.45) is 0 Å². The first kappa shape index (κ1) is 14.5. The van der Waals surface area contributed by atoms with E-state index in [4.69, 9.17) is 5.11 Å². The molecule has 6 heteroatoms. The Morgan fingerprint density at radius 1 is 1.50 bits per heavy atom. The molecule has 0 saturated carbocycles. The van der Waals surface area contributed by atoms with E-state index < -0.39 is 18.1 Å². The minimum Gasteiger partial charge on any atom is -0.481 e. The van der Waals surface area contributed by atoms with Crippen LogP contribution in [0.1, 0.15) is 23.7 Å². The number of carbonyl (C=O) groups excluding carboxylic acids is 1. The summed E-state index contributed by atoms with van der Waals surface area (Å²) in [5, 5.41) is 21.9. The second-order valence-corrected chi connectivity index (χ2v) is 4.96. The highest BCUT2D eigenvalue weighted by molar-refractivity contribution is 6.00. The molecule has 3 N–H and O–H groups in total. The first-order valence-electron chi connectivity index (χ1n) is 6.40. The number of rotatable bonds is 5. The van der Waals surface area contributed by atoms with Crippen molar-refractivity contribution in [3.05, 3.63) is 29.3 Å².